The number of ether oxygens (including phenoxy) is 2. The number of aliphatic hydroxyl groups is 1. The first-order valence-corrected chi connectivity index (χ1v) is 11.6. The largest absolute Gasteiger partial charge is 0.481 e. The van der Waals surface area contributed by atoms with Gasteiger partial charge in [0.15, 0.2) is 0 Å². The van der Waals surface area contributed by atoms with Gasteiger partial charge >= 0.3 is 5.97 Å². The molecule has 0 aliphatic rings. The van der Waals surface area contributed by atoms with Gasteiger partial charge in [0.25, 0.3) is 5.95 Å². The number of carbonyl (C=O) groups is 1. The molecule has 3 heterocycles. The number of benzene rings is 1. The van der Waals surface area contributed by atoms with Crippen LogP contribution in [-0.4, -0.2) is 16.1 Å². The maximum absolute atomic E-state index is 11.4. The molecular weight excluding hydrogens is 635 g/mol. The molecule has 5 nitrogen and oxygen atoms in total. The van der Waals surface area contributed by atoms with Gasteiger partial charge in [-0.15, -0.1) is 35.4 Å². The fourth-order valence-electron chi connectivity index (χ4n) is 2.50. The fraction of sp³-hybridized carbons (Fsp3) is 0.120. The Bertz CT molecular complexity index is 1110. The van der Waals surface area contributed by atoms with Crippen molar-refractivity contribution in [3.05, 3.63) is 111 Å². The number of nitrogens with zero attached hydrogens (tertiary/aromatic N) is 1. The monoisotopic (exact) mass is 657 g/mol. The Kier molecular flexibility index (Phi) is 11.5. The van der Waals surface area contributed by atoms with Gasteiger partial charge in [0.05, 0.1) is 0 Å². The van der Waals surface area contributed by atoms with Crippen LogP contribution in [0.3, 0.4) is 0 Å². The Morgan fingerprint density at radius 3 is 2.33 bits per heavy atom. The predicted molar refractivity (Wildman–Crippen MR) is 127 cm³/mol. The van der Waals surface area contributed by atoms with E-state index in [1.54, 1.807) is 17.5 Å². The third-order valence-corrected chi connectivity index (χ3v) is 5.53. The van der Waals surface area contributed by atoms with E-state index in [9.17, 15) is 9.90 Å². The summed E-state index contributed by atoms with van der Waals surface area (Å²) in [6.45, 7) is 2.49. The van der Waals surface area contributed by atoms with Crippen LogP contribution in [0.1, 0.15) is 16.7 Å². The standard InChI is InChI=1S/C13H12O4S2.C12H10N.Ir/c14-12(16-6-10-1-3-18-8-10)5-13(15)17-7-11-2-4-19-9-11;1-10-5-4-6-11(9-10)12-7-2-3-8-13-12;/h1-5,8-9,14H,6-7H2;2-5,7-9H,1H3;/q;-1;/b12-5+;;. The summed E-state index contributed by atoms with van der Waals surface area (Å²) in [5.74, 6) is -1.07. The third-order valence-electron chi connectivity index (χ3n) is 4.07. The van der Waals surface area contributed by atoms with Crippen LogP contribution in [0.15, 0.2) is 88.3 Å². The van der Waals surface area contributed by atoms with E-state index in [4.69, 9.17) is 9.47 Å². The van der Waals surface area contributed by atoms with Gasteiger partial charge < -0.3 is 19.6 Å². The molecule has 0 spiro atoms. The van der Waals surface area contributed by atoms with E-state index in [0.29, 0.717) is 0 Å². The predicted octanol–water partition coefficient (Wildman–Crippen LogP) is 6.32. The summed E-state index contributed by atoms with van der Waals surface area (Å²) in [4.78, 5) is 15.6. The number of aryl methyl sites for hydroxylation is 1. The average molecular weight is 657 g/mol. The molecule has 0 unspecified atom stereocenters. The van der Waals surface area contributed by atoms with E-state index >= 15 is 0 Å². The maximum Gasteiger partial charge on any atom is 0.338 e. The van der Waals surface area contributed by atoms with Gasteiger partial charge in [0, 0.05) is 37.4 Å². The van der Waals surface area contributed by atoms with E-state index in [-0.39, 0.29) is 33.3 Å². The first-order valence-electron chi connectivity index (χ1n) is 9.72. The minimum Gasteiger partial charge on any atom is -0.481 e. The van der Waals surface area contributed by atoms with E-state index in [1.807, 2.05) is 64.0 Å². The zero-order chi connectivity index (χ0) is 22.6. The second-order valence-corrected chi connectivity index (χ2v) is 8.20. The number of hydrogen-bond acceptors (Lipinski definition) is 7. The summed E-state index contributed by atoms with van der Waals surface area (Å²) in [5.41, 5.74) is 5.13. The summed E-state index contributed by atoms with van der Waals surface area (Å²) in [5, 5.41) is 17.0. The maximum atomic E-state index is 11.4. The van der Waals surface area contributed by atoms with Gasteiger partial charge in [-0.05, 0) is 45.4 Å². The van der Waals surface area contributed by atoms with Gasteiger partial charge in [-0.3, -0.25) is 0 Å². The molecule has 0 aliphatic carbocycles. The van der Waals surface area contributed by atoms with Crippen molar-refractivity contribution in [2.45, 2.75) is 20.1 Å². The summed E-state index contributed by atoms with van der Waals surface area (Å²) in [6, 6.07) is 18.9. The van der Waals surface area contributed by atoms with Crippen molar-refractivity contribution >= 4 is 28.6 Å². The molecule has 0 fully saturated rings. The molecule has 173 valence electrons. The zero-order valence-corrected chi connectivity index (χ0v) is 21.8. The summed E-state index contributed by atoms with van der Waals surface area (Å²) in [7, 11) is 0. The summed E-state index contributed by atoms with van der Waals surface area (Å²) < 4.78 is 9.97. The molecule has 8 heteroatoms. The molecule has 0 bridgehead atoms. The second-order valence-electron chi connectivity index (χ2n) is 6.64. The first-order chi connectivity index (χ1) is 15.6. The third kappa shape index (κ3) is 9.72. The van der Waals surface area contributed by atoms with E-state index < -0.39 is 11.9 Å². The van der Waals surface area contributed by atoms with Crippen LogP contribution in [-0.2, 0) is 47.6 Å². The molecule has 1 N–H and O–H groups in total. The topological polar surface area (TPSA) is 68.7 Å². The van der Waals surface area contributed by atoms with Gasteiger partial charge in [-0.2, -0.15) is 22.7 Å². The minimum atomic E-state index is -0.631. The molecular formula is C25H22IrNO4S2-. The van der Waals surface area contributed by atoms with Crippen molar-refractivity contribution in [3.8, 4) is 11.3 Å². The van der Waals surface area contributed by atoms with E-state index in [2.05, 4.69) is 24.0 Å². The number of rotatable bonds is 7. The number of pyridine rings is 1. The Labute approximate surface area is 214 Å². The van der Waals surface area contributed by atoms with Crippen molar-refractivity contribution in [2.24, 2.45) is 0 Å². The Balaban J connectivity index is 0.000000241. The number of hydrogen-bond donors (Lipinski definition) is 1. The minimum absolute atomic E-state index is 0. The number of thiophene rings is 2. The Morgan fingerprint density at radius 2 is 1.76 bits per heavy atom. The number of aliphatic hydroxyl groups excluding tert-OH is 1. The van der Waals surface area contributed by atoms with Crippen LogP contribution in [0.25, 0.3) is 11.3 Å². The fourth-order valence-corrected chi connectivity index (χ4v) is 3.80. The van der Waals surface area contributed by atoms with Gasteiger partial charge in [-0.1, -0.05) is 19.1 Å². The molecule has 33 heavy (non-hydrogen) atoms. The van der Waals surface area contributed by atoms with Gasteiger partial charge in [0.1, 0.15) is 19.3 Å². The second kappa shape index (κ2) is 14.4. The zero-order valence-electron chi connectivity index (χ0n) is 17.8. The van der Waals surface area contributed by atoms with Crippen molar-refractivity contribution in [1.29, 1.82) is 0 Å². The molecule has 1 radical (unpaired) electrons. The molecule has 4 rings (SSSR count). The number of aromatic nitrogens is 1. The number of carbonyl (C=O) groups excluding carboxylic acids is 1. The van der Waals surface area contributed by atoms with Crippen LogP contribution in [0.5, 0.6) is 0 Å². The molecule has 0 saturated carbocycles. The van der Waals surface area contributed by atoms with Crippen LogP contribution in [0.2, 0.25) is 0 Å². The van der Waals surface area contributed by atoms with Crippen molar-refractivity contribution in [1.82, 2.24) is 4.98 Å². The van der Waals surface area contributed by atoms with Crippen molar-refractivity contribution in [3.63, 3.8) is 0 Å². The smallest absolute Gasteiger partial charge is 0.338 e. The molecule has 0 aliphatic heterocycles. The molecule has 1 aromatic carbocycles. The van der Waals surface area contributed by atoms with Crippen LogP contribution in [0, 0.1) is 13.0 Å². The molecule has 3 aromatic heterocycles. The molecule has 0 saturated heterocycles. The quantitative estimate of drug-likeness (QED) is 0.109. The van der Waals surface area contributed by atoms with Crippen molar-refractivity contribution < 1.29 is 39.5 Å². The number of esters is 1. The first kappa shape index (κ1) is 26.5. The average Bonchev–Trinajstić information content (AvgIpc) is 3.52. The normalized spacial score (nSPS) is 10.4. The SMILES string of the molecule is Cc1cc[c-]c(-c2ccccn2)c1.O=C(/C=C(\O)OCc1ccsc1)OCc1ccsc1.[Ir]. The van der Waals surface area contributed by atoms with E-state index in [0.717, 1.165) is 28.5 Å². The summed E-state index contributed by atoms with van der Waals surface area (Å²) in [6.07, 6.45) is 2.73. The van der Waals surface area contributed by atoms with Gasteiger partial charge in [0.2, 0.25) is 0 Å². The Morgan fingerprint density at radius 1 is 1.06 bits per heavy atom. The molecule has 0 amide bonds. The van der Waals surface area contributed by atoms with Crippen molar-refractivity contribution in [2.75, 3.05) is 0 Å². The van der Waals surface area contributed by atoms with Crippen LogP contribution < -0.4 is 0 Å². The Hall–Kier alpha value is -2.77. The van der Waals surface area contributed by atoms with E-state index in [1.165, 1.54) is 16.9 Å². The van der Waals surface area contributed by atoms with Gasteiger partial charge in [-0.25, -0.2) is 4.79 Å². The molecule has 0 atom stereocenters. The molecule has 4 aromatic rings. The van der Waals surface area contributed by atoms with Crippen LogP contribution in [0.4, 0.5) is 0 Å². The van der Waals surface area contributed by atoms with Crippen LogP contribution >= 0.6 is 22.7 Å². The summed E-state index contributed by atoms with van der Waals surface area (Å²) >= 11 is 3.07.